The SMILES string of the molecule is CC1(NC(=O)c2cc(Cl)ccc2Cl)CCC(CNc2nc3ccccc3s2)CC1. The lowest BCUT2D eigenvalue weighted by Gasteiger charge is -2.38. The molecule has 4 nitrogen and oxygen atoms in total. The number of fused-ring (bicyclic) bond motifs is 1. The van der Waals surface area contributed by atoms with Gasteiger partial charge in [0.2, 0.25) is 0 Å². The number of nitrogens with one attached hydrogen (secondary N) is 2. The van der Waals surface area contributed by atoms with E-state index < -0.39 is 0 Å². The molecule has 0 saturated heterocycles. The second kappa shape index (κ2) is 8.50. The highest BCUT2D eigenvalue weighted by atomic mass is 35.5. The maximum absolute atomic E-state index is 12.7. The lowest BCUT2D eigenvalue weighted by Crippen LogP contribution is -2.48. The summed E-state index contributed by atoms with van der Waals surface area (Å²) in [5, 5.41) is 8.58. The van der Waals surface area contributed by atoms with Gasteiger partial charge in [-0.05, 0) is 68.9 Å². The summed E-state index contributed by atoms with van der Waals surface area (Å²) in [4.78, 5) is 17.3. The Balaban J connectivity index is 1.31. The quantitative estimate of drug-likeness (QED) is 0.475. The first-order valence-electron chi connectivity index (χ1n) is 9.79. The minimum atomic E-state index is -0.227. The van der Waals surface area contributed by atoms with E-state index in [0.29, 0.717) is 21.5 Å². The summed E-state index contributed by atoms with van der Waals surface area (Å²) in [5.74, 6) is 0.410. The van der Waals surface area contributed by atoms with Gasteiger partial charge in [-0.3, -0.25) is 4.79 Å². The van der Waals surface area contributed by atoms with Crippen LogP contribution in [0.15, 0.2) is 42.5 Å². The fraction of sp³-hybridized carbons (Fsp3) is 0.364. The van der Waals surface area contributed by atoms with E-state index in [1.165, 1.54) is 4.70 Å². The van der Waals surface area contributed by atoms with Crippen molar-refractivity contribution in [3.05, 3.63) is 58.1 Å². The van der Waals surface area contributed by atoms with E-state index in [0.717, 1.165) is 42.9 Å². The van der Waals surface area contributed by atoms with Gasteiger partial charge in [0.1, 0.15) is 0 Å². The summed E-state index contributed by atoms with van der Waals surface area (Å²) in [5.41, 5.74) is 1.24. The molecule has 1 aromatic heterocycles. The molecule has 0 spiro atoms. The van der Waals surface area contributed by atoms with Crippen molar-refractivity contribution >= 4 is 55.8 Å². The van der Waals surface area contributed by atoms with Gasteiger partial charge >= 0.3 is 0 Å². The Morgan fingerprint density at radius 2 is 1.97 bits per heavy atom. The number of halogens is 2. The standard InChI is InChI=1S/C22H23Cl2N3OS/c1-22(27-20(28)16-12-15(23)6-7-17(16)24)10-8-14(9-11-22)13-25-21-26-18-4-2-3-5-19(18)29-21/h2-7,12,14H,8-11,13H2,1H3,(H,25,26)(H,27,28). The largest absolute Gasteiger partial charge is 0.361 e. The van der Waals surface area contributed by atoms with Crippen molar-refractivity contribution in [1.29, 1.82) is 0 Å². The van der Waals surface area contributed by atoms with Gasteiger partial charge in [-0.15, -0.1) is 0 Å². The van der Waals surface area contributed by atoms with Crippen LogP contribution < -0.4 is 10.6 Å². The van der Waals surface area contributed by atoms with Gasteiger partial charge < -0.3 is 10.6 Å². The zero-order chi connectivity index (χ0) is 20.4. The summed E-state index contributed by atoms with van der Waals surface area (Å²) < 4.78 is 1.20. The Hall–Kier alpha value is -1.82. The summed E-state index contributed by atoms with van der Waals surface area (Å²) in [7, 11) is 0. The van der Waals surface area contributed by atoms with E-state index in [2.05, 4.69) is 28.6 Å². The number of amides is 1. The van der Waals surface area contributed by atoms with Crippen LogP contribution in [0.25, 0.3) is 10.2 Å². The topological polar surface area (TPSA) is 54.0 Å². The third-order valence-corrected chi connectivity index (χ3v) is 7.19. The molecule has 1 saturated carbocycles. The average Bonchev–Trinajstić information content (AvgIpc) is 3.12. The molecule has 152 valence electrons. The minimum Gasteiger partial charge on any atom is -0.361 e. The van der Waals surface area contributed by atoms with Gasteiger partial charge in [-0.2, -0.15) is 0 Å². The third-order valence-electron chi connectivity index (χ3n) is 5.63. The molecule has 4 rings (SSSR count). The van der Waals surface area contributed by atoms with Crippen LogP contribution in [0.4, 0.5) is 5.13 Å². The van der Waals surface area contributed by atoms with Crippen LogP contribution in [0.5, 0.6) is 0 Å². The van der Waals surface area contributed by atoms with Crippen LogP contribution in [0, 0.1) is 5.92 Å². The number of aromatic nitrogens is 1. The van der Waals surface area contributed by atoms with Crippen molar-refractivity contribution in [3.8, 4) is 0 Å². The number of carbonyl (C=O) groups excluding carboxylic acids is 1. The van der Waals surface area contributed by atoms with Crippen molar-refractivity contribution in [3.63, 3.8) is 0 Å². The molecule has 3 aromatic rings. The molecule has 7 heteroatoms. The molecule has 1 fully saturated rings. The zero-order valence-electron chi connectivity index (χ0n) is 16.2. The maximum atomic E-state index is 12.7. The van der Waals surface area contributed by atoms with Crippen LogP contribution in [-0.4, -0.2) is 23.0 Å². The molecule has 0 atom stereocenters. The average molecular weight is 448 g/mol. The monoisotopic (exact) mass is 447 g/mol. The molecule has 1 heterocycles. The molecule has 0 aliphatic heterocycles. The zero-order valence-corrected chi connectivity index (χ0v) is 18.5. The van der Waals surface area contributed by atoms with Crippen LogP contribution in [0.2, 0.25) is 10.0 Å². The number of carbonyl (C=O) groups is 1. The Labute approximate surface area is 184 Å². The van der Waals surface area contributed by atoms with Gasteiger partial charge in [-0.1, -0.05) is 46.7 Å². The highest BCUT2D eigenvalue weighted by Crippen LogP contribution is 2.33. The highest BCUT2D eigenvalue weighted by molar-refractivity contribution is 7.22. The number of anilines is 1. The fourth-order valence-corrected chi connectivity index (χ4v) is 5.08. The van der Waals surface area contributed by atoms with Crippen LogP contribution in [-0.2, 0) is 0 Å². The Morgan fingerprint density at radius 3 is 2.72 bits per heavy atom. The second-order valence-electron chi connectivity index (χ2n) is 7.95. The number of benzene rings is 2. The lowest BCUT2D eigenvalue weighted by molar-refractivity contribution is 0.0869. The predicted molar refractivity (Wildman–Crippen MR) is 122 cm³/mol. The first kappa shape index (κ1) is 20.5. The maximum Gasteiger partial charge on any atom is 0.253 e. The molecule has 0 radical (unpaired) electrons. The third kappa shape index (κ3) is 4.85. The summed E-state index contributed by atoms with van der Waals surface area (Å²) in [6.45, 7) is 3.02. The minimum absolute atomic E-state index is 0.161. The smallest absolute Gasteiger partial charge is 0.253 e. The van der Waals surface area contributed by atoms with E-state index in [1.54, 1.807) is 29.5 Å². The van der Waals surface area contributed by atoms with Crippen molar-refractivity contribution in [2.24, 2.45) is 5.92 Å². The number of para-hydroxylation sites is 1. The number of hydrogen-bond donors (Lipinski definition) is 2. The predicted octanol–water partition coefficient (Wildman–Crippen LogP) is 6.39. The van der Waals surface area contributed by atoms with E-state index in [9.17, 15) is 4.79 Å². The Morgan fingerprint density at radius 1 is 1.21 bits per heavy atom. The van der Waals surface area contributed by atoms with E-state index in [-0.39, 0.29) is 11.4 Å². The van der Waals surface area contributed by atoms with Crippen LogP contribution in [0.3, 0.4) is 0 Å². The summed E-state index contributed by atoms with van der Waals surface area (Å²) >= 11 is 13.9. The molecule has 1 aliphatic carbocycles. The van der Waals surface area contributed by atoms with Gasteiger partial charge in [-0.25, -0.2) is 4.98 Å². The first-order valence-corrected chi connectivity index (χ1v) is 11.4. The lowest BCUT2D eigenvalue weighted by atomic mass is 9.77. The van der Waals surface area contributed by atoms with Crippen molar-refractivity contribution < 1.29 is 4.79 Å². The van der Waals surface area contributed by atoms with Crippen LogP contribution >= 0.6 is 34.5 Å². The van der Waals surface area contributed by atoms with Crippen LogP contribution in [0.1, 0.15) is 43.0 Å². The molecule has 2 N–H and O–H groups in total. The molecule has 1 amide bonds. The second-order valence-corrected chi connectivity index (χ2v) is 9.82. The number of hydrogen-bond acceptors (Lipinski definition) is 4. The van der Waals surface area contributed by atoms with Gasteiger partial charge in [0.25, 0.3) is 5.91 Å². The highest BCUT2D eigenvalue weighted by Gasteiger charge is 2.33. The molecule has 0 bridgehead atoms. The number of thiazole rings is 1. The molecule has 2 aromatic carbocycles. The molecular weight excluding hydrogens is 425 g/mol. The van der Waals surface area contributed by atoms with Gasteiger partial charge in [0.05, 0.1) is 20.8 Å². The number of rotatable bonds is 5. The van der Waals surface area contributed by atoms with Gasteiger partial charge in [0, 0.05) is 17.1 Å². The fourth-order valence-electron chi connectivity index (χ4n) is 3.84. The van der Waals surface area contributed by atoms with E-state index >= 15 is 0 Å². The molecule has 29 heavy (non-hydrogen) atoms. The number of nitrogens with zero attached hydrogens (tertiary/aromatic N) is 1. The first-order chi connectivity index (χ1) is 13.9. The van der Waals surface area contributed by atoms with E-state index in [4.69, 9.17) is 23.2 Å². The normalized spacial score (nSPS) is 21.8. The Kier molecular flexibility index (Phi) is 6.00. The summed E-state index contributed by atoms with van der Waals surface area (Å²) in [6, 6.07) is 13.2. The van der Waals surface area contributed by atoms with Crippen molar-refractivity contribution in [2.75, 3.05) is 11.9 Å². The molecular formula is C22H23Cl2N3OS. The van der Waals surface area contributed by atoms with Gasteiger partial charge in [0.15, 0.2) is 5.13 Å². The Bertz CT molecular complexity index is 995. The van der Waals surface area contributed by atoms with Crippen molar-refractivity contribution in [2.45, 2.75) is 38.1 Å². The molecule has 1 aliphatic rings. The van der Waals surface area contributed by atoms with E-state index in [1.807, 2.05) is 18.2 Å². The van der Waals surface area contributed by atoms with Crippen molar-refractivity contribution in [1.82, 2.24) is 10.3 Å². The molecule has 0 unspecified atom stereocenters. The summed E-state index contributed by atoms with van der Waals surface area (Å²) in [6.07, 6.45) is 3.97.